The molecule has 2 fully saturated rings. The predicted molar refractivity (Wildman–Crippen MR) is 127 cm³/mol. The second kappa shape index (κ2) is 9.59. The first-order valence-electron chi connectivity index (χ1n) is 11.5. The number of aromatic nitrogens is 3. The molecule has 0 atom stereocenters. The number of allylic oxidation sites excluding steroid dienone is 4. The Morgan fingerprint density at radius 2 is 1.94 bits per heavy atom. The van der Waals surface area contributed by atoms with Crippen LogP contribution in [0.4, 0.5) is 0 Å². The molecule has 1 aliphatic heterocycles. The molecule has 0 spiro atoms. The number of piperidine rings is 1. The van der Waals surface area contributed by atoms with Crippen LogP contribution in [-0.4, -0.2) is 50.7 Å². The van der Waals surface area contributed by atoms with Gasteiger partial charge in [-0.2, -0.15) is 5.26 Å². The maximum absolute atomic E-state index is 12.9. The molecular formula is C25H30N6O2. The van der Waals surface area contributed by atoms with Gasteiger partial charge in [0.25, 0.3) is 11.5 Å². The Balaban J connectivity index is 1.43. The van der Waals surface area contributed by atoms with Gasteiger partial charge >= 0.3 is 0 Å². The van der Waals surface area contributed by atoms with Crippen LogP contribution in [0, 0.1) is 11.3 Å². The summed E-state index contributed by atoms with van der Waals surface area (Å²) in [5.74, 6) is 0.280. The summed E-state index contributed by atoms with van der Waals surface area (Å²) in [6.07, 6.45) is 9.47. The first-order valence-corrected chi connectivity index (χ1v) is 11.5. The van der Waals surface area contributed by atoms with Crippen LogP contribution < -0.4 is 10.9 Å². The van der Waals surface area contributed by atoms with Crippen molar-refractivity contribution in [3.63, 3.8) is 0 Å². The van der Waals surface area contributed by atoms with Gasteiger partial charge in [0.05, 0.1) is 17.2 Å². The number of hydrogen-bond donors (Lipinski definition) is 2. The summed E-state index contributed by atoms with van der Waals surface area (Å²) in [7, 11) is 0. The van der Waals surface area contributed by atoms with Crippen molar-refractivity contribution in [1.82, 2.24) is 25.0 Å². The highest BCUT2D eigenvalue weighted by Gasteiger charge is 2.32. The van der Waals surface area contributed by atoms with Gasteiger partial charge in [-0.3, -0.25) is 14.7 Å². The highest BCUT2D eigenvalue weighted by Crippen LogP contribution is 2.29. The van der Waals surface area contributed by atoms with Crippen LogP contribution in [0.15, 0.2) is 46.5 Å². The molecule has 1 aliphatic carbocycles. The maximum atomic E-state index is 12.9. The molecule has 1 saturated carbocycles. The summed E-state index contributed by atoms with van der Waals surface area (Å²) < 4.78 is 1.35. The molecule has 2 aromatic heterocycles. The number of rotatable bonds is 6. The van der Waals surface area contributed by atoms with Gasteiger partial charge in [-0.1, -0.05) is 0 Å². The maximum Gasteiger partial charge on any atom is 0.280 e. The number of amides is 1. The second-order valence-corrected chi connectivity index (χ2v) is 8.99. The van der Waals surface area contributed by atoms with E-state index in [1.54, 1.807) is 31.3 Å². The highest BCUT2D eigenvalue weighted by atomic mass is 16.2. The SMILES string of the molecule is C/C(C#N)=C\C(C)=C(/C)c1c[nH]n(-c2ccc(C(=O)NC3CCN(C4CC4)CC3)cn2)c1=O. The molecule has 1 saturated heterocycles. The van der Waals surface area contributed by atoms with E-state index in [0.717, 1.165) is 43.1 Å². The van der Waals surface area contributed by atoms with Crippen molar-refractivity contribution in [2.45, 2.75) is 58.5 Å². The lowest BCUT2D eigenvalue weighted by molar-refractivity contribution is 0.0908. The average molecular weight is 447 g/mol. The van der Waals surface area contributed by atoms with Gasteiger partial charge in [0, 0.05) is 43.1 Å². The second-order valence-electron chi connectivity index (χ2n) is 8.99. The predicted octanol–water partition coefficient (Wildman–Crippen LogP) is 3.18. The van der Waals surface area contributed by atoms with Gasteiger partial charge in [0.2, 0.25) is 0 Å². The highest BCUT2D eigenvalue weighted by molar-refractivity contribution is 5.94. The molecular weight excluding hydrogens is 416 g/mol. The molecule has 33 heavy (non-hydrogen) atoms. The lowest BCUT2D eigenvalue weighted by Crippen LogP contribution is -2.45. The van der Waals surface area contributed by atoms with Gasteiger partial charge in [-0.25, -0.2) is 9.67 Å². The number of hydrogen-bond acceptors (Lipinski definition) is 5. The Labute approximate surface area is 193 Å². The minimum atomic E-state index is -0.234. The molecule has 8 nitrogen and oxygen atoms in total. The van der Waals surface area contributed by atoms with Gasteiger partial charge in [-0.15, -0.1) is 0 Å². The number of carbonyl (C=O) groups excluding carboxylic acids is 1. The molecule has 0 radical (unpaired) electrons. The molecule has 172 valence electrons. The Bertz CT molecular complexity index is 1180. The Hall–Kier alpha value is -3.44. The van der Waals surface area contributed by atoms with Crippen molar-refractivity contribution in [2.24, 2.45) is 0 Å². The van der Waals surface area contributed by atoms with E-state index < -0.39 is 0 Å². The molecule has 8 heteroatoms. The first kappa shape index (κ1) is 22.7. The van der Waals surface area contributed by atoms with Gasteiger partial charge in [-0.05, 0) is 75.8 Å². The van der Waals surface area contributed by atoms with Crippen molar-refractivity contribution in [2.75, 3.05) is 13.1 Å². The van der Waals surface area contributed by atoms with E-state index in [2.05, 4.69) is 26.4 Å². The van der Waals surface area contributed by atoms with Crippen molar-refractivity contribution in [3.05, 3.63) is 63.2 Å². The molecule has 0 bridgehead atoms. The summed E-state index contributed by atoms with van der Waals surface area (Å²) in [5.41, 5.74) is 2.96. The van der Waals surface area contributed by atoms with Crippen LogP contribution in [0.5, 0.6) is 0 Å². The molecule has 2 N–H and O–H groups in total. The van der Waals surface area contributed by atoms with Crippen LogP contribution in [0.2, 0.25) is 0 Å². The number of likely N-dealkylation sites (tertiary alicyclic amines) is 1. The van der Waals surface area contributed by atoms with Crippen LogP contribution >= 0.6 is 0 Å². The van der Waals surface area contributed by atoms with Gasteiger partial charge < -0.3 is 10.2 Å². The molecule has 0 aromatic carbocycles. The van der Waals surface area contributed by atoms with Crippen LogP contribution in [0.1, 0.15) is 62.4 Å². The van der Waals surface area contributed by atoms with E-state index in [1.807, 2.05) is 13.8 Å². The lowest BCUT2D eigenvalue weighted by atomic mass is 10.0. The smallest absolute Gasteiger partial charge is 0.280 e. The average Bonchev–Trinajstić information content (AvgIpc) is 3.61. The number of nitrogens with one attached hydrogen (secondary N) is 2. The zero-order chi connectivity index (χ0) is 23.5. The fraction of sp³-hybridized carbons (Fsp3) is 0.440. The van der Waals surface area contributed by atoms with E-state index in [4.69, 9.17) is 5.26 Å². The summed E-state index contributed by atoms with van der Waals surface area (Å²) >= 11 is 0. The largest absolute Gasteiger partial charge is 0.349 e. The summed E-state index contributed by atoms with van der Waals surface area (Å²) in [4.78, 5) is 32.4. The van der Waals surface area contributed by atoms with Crippen molar-refractivity contribution in [1.29, 1.82) is 5.26 Å². The molecule has 4 rings (SSSR count). The number of carbonyl (C=O) groups is 1. The standard InChI is InChI=1S/C25H30N6O2/c1-16(13-26)12-17(2)18(3)22-15-28-31(25(22)33)23-7-4-19(14-27-23)24(32)29-20-8-10-30(11-9-20)21-5-6-21/h4,7,12,14-15,20-21,28H,5-6,8-11H2,1-3H3,(H,29,32)/b16-12+,18-17+. The van der Waals surface area contributed by atoms with Gasteiger partial charge in [0.1, 0.15) is 0 Å². The van der Waals surface area contributed by atoms with Crippen LogP contribution in [0.25, 0.3) is 11.4 Å². The molecule has 3 heterocycles. The third-order valence-electron chi connectivity index (χ3n) is 6.54. The summed E-state index contributed by atoms with van der Waals surface area (Å²) in [5, 5.41) is 15.0. The molecule has 2 aliphatic rings. The van der Waals surface area contributed by atoms with Crippen molar-refractivity contribution in [3.8, 4) is 11.9 Å². The number of aromatic amines is 1. The van der Waals surface area contributed by atoms with Crippen molar-refractivity contribution >= 4 is 11.5 Å². The Kier molecular flexibility index (Phi) is 6.61. The quantitative estimate of drug-likeness (QED) is 0.524. The third kappa shape index (κ3) is 5.15. The monoisotopic (exact) mass is 446 g/mol. The fourth-order valence-corrected chi connectivity index (χ4v) is 4.26. The number of nitrogens with zero attached hydrogens (tertiary/aromatic N) is 4. The zero-order valence-electron chi connectivity index (χ0n) is 19.4. The molecule has 2 aromatic rings. The summed E-state index contributed by atoms with van der Waals surface area (Å²) in [6.45, 7) is 7.54. The number of H-pyrrole nitrogens is 1. The van der Waals surface area contributed by atoms with E-state index in [9.17, 15) is 9.59 Å². The van der Waals surface area contributed by atoms with Gasteiger partial charge in [0.15, 0.2) is 5.82 Å². The van der Waals surface area contributed by atoms with E-state index in [1.165, 1.54) is 23.7 Å². The number of nitriles is 1. The van der Waals surface area contributed by atoms with E-state index in [-0.39, 0.29) is 17.5 Å². The van der Waals surface area contributed by atoms with Crippen LogP contribution in [0.3, 0.4) is 0 Å². The Morgan fingerprint density at radius 1 is 1.21 bits per heavy atom. The normalized spacial score (nSPS) is 18.5. The topological polar surface area (TPSA) is 107 Å². The minimum Gasteiger partial charge on any atom is -0.349 e. The fourth-order valence-electron chi connectivity index (χ4n) is 4.26. The zero-order valence-corrected chi connectivity index (χ0v) is 19.4. The molecule has 1 amide bonds. The lowest BCUT2D eigenvalue weighted by Gasteiger charge is -2.32. The minimum absolute atomic E-state index is 0.132. The summed E-state index contributed by atoms with van der Waals surface area (Å²) in [6, 6.07) is 6.41. The van der Waals surface area contributed by atoms with E-state index in [0.29, 0.717) is 22.5 Å². The first-order chi connectivity index (χ1) is 15.9. The van der Waals surface area contributed by atoms with Crippen molar-refractivity contribution < 1.29 is 4.79 Å². The third-order valence-corrected chi connectivity index (χ3v) is 6.54. The van der Waals surface area contributed by atoms with Crippen LogP contribution in [-0.2, 0) is 0 Å². The van der Waals surface area contributed by atoms with E-state index >= 15 is 0 Å². The Morgan fingerprint density at radius 3 is 2.55 bits per heavy atom. The number of pyridine rings is 1. The molecule has 0 unspecified atom stereocenters.